The zero-order chi connectivity index (χ0) is 12.4. The molecular formula is C12H12ClF2NO. The number of hydrogen-bond acceptors (Lipinski definition) is 1. The van der Waals surface area contributed by atoms with Crippen molar-refractivity contribution < 1.29 is 13.6 Å². The number of likely N-dealkylation sites (tertiary alicyclic amines) is 1. The van der Waals surface area contributed by atoms with Crippen molar-refractivity contribution >= 4 is 17.5 Å². The quantitative estimate of drug-likeness (QED) is 0.748. The summed E-state index contributed by atoms with van der Waals surface area (Å²) in [6.45, 7) is 1.06. The largest absolute Gasteiger partial charge is 0.338 e. The number of alkyl halides is 1. The van der Waals surface area contributed by atoms with Gasteiger partial charge in [0.15, 0.2) is 0 Å². The van der Waals surface area contributed by atoms with E-state index in [9.17, 15) is 13.6 Å². The molecule has 0 bridgehead atoms. The van der Waals surface area contributed by atoms with Gasteiger partial charge in [0.25, 0.3) is 5.91 Å². The molecule has 1 saturated heterocycles. The van der Waals surface area contributed by atoms with Gasteiger partial charge in [0.1, 0.15) is 11.6 Å². The third kappa shape index (κ3) is 2.57. The summed E-state index contributed by atoms with van der Waals surface area (Å²) >= 11 is 5.71. The third-order valence-corrected chi connectivity index (χ3v) is 3.39. The van der Waals surface area contributed by atoms with Gasteiger partial charge in [-0.2, -0.15) is 0 Å². The molecule has 5 heteroatoms. The van der Waals surface area contributed by atoms with Crippen LogP contribution in [0, 0.1) is 17.6 Å². The standard InChI is InChI=1S/C12H12ClF2NO/c13-6-8-3-4-16(7-8)12(17)10-5-9(14)1-2-11(10)15/h1-2,5,8H,3-4,6-7H2. The minimum Gasteiger partial charge on any atom is -0.338 e. The van der Waals surface area contributed by atoms with E-state index < -0.39 is 17.5 Å². The molecule has 17 heavy (non-hydrogen) atoms. The molecule has 2 nitrogen and oxygen atoms in total. The smallest absolute Gasteiger partial charge is 0.256 e. The molecule has 0 saturated carbocycles. The summed E-state index contributed by atoms with van der Waals surface area (Å²) < 4.78 is 26.4. The maximum Gasteiger partial charge on any atom is 0.256 e. The van der Waals surface area contributed by atoms with Crippen LogP contribution in [0.2, 0.25) is 0 Å². The average molecular weight is 260 g/mol. The van der Waals surface area contributed by atoms with Gasteiger partial charge in [0, 0.05) is 19.0 Å². The Morgan fingerprint density at radius 3 is 2.88 bits per heavy atom. The van der Waals surface area contributed by atoms with Crippen LogP contribution in [0.1, 0.15) is 16.8 Å². The van der Waals surface area contributed by atoms with Crippen LogP contribution < -0.4 is 0 Å². The molecule has 1 aliphatic rings. The lowest BCUT2D eigenvalue weighted by molar-refractivity contribution is 0.0783. The van der Waals surface area contributed by atoms with Crippen molar-refractivity contribution in [3.05, 3.63) is 35.4 Å². The second kappa shape index (κ2) is 5.00. The lowest BCUT2D eigenvalue weighted by Gasteiger charge is -2.16. The molecule has 1 aromatic carbocycles. The molecule has 2 rings (SSSR count). The summed E-state index contributed by atoms with van der Waals surface area (Å²) in [5.41, 5.74) is -0.208. The normalized spacial score (nSPS) is 19.7. The van der Waals surface area contributed by atoms with Gasteiger partial charge >= 0.3 is 0 Å². The molecule has 1 fully saturated rings. The fourth-order valence-electron chi connectivity index (χ4n) is 1.97. The van der Waals surface area contributed by atoms with Crippen molar-refractivity contribution in [1.29, 1.82) is 0 Å². The topological polar surface area (TPSA) is 20.3 Å². The first kappa shape index (κ1) is 12.3. The molecule has 1 aliphatic heterocycles. The van der Waals surface area contributed by atoms with Crippen LogP contribution in [0.4, 0.5) is 8.78 Å². The zero-order valence-electron chi connectivity index (χ0n) is 9.13. The minimum absolute atomic E-state index is 0.208. The van der Waals surface area contributed by atoms with Crippen molar-refractivity contribution in [2.75, 3.05) is 19.0 Å². The Hall–Kier alpha value is -1.16. The van der Waals surface area contributed by atoms with E-state index in [4.69, 9.17) is 11.6 Å². The van der Waals surface area contributed by atoms with Crippen LogP contribution >= 0.6 is 11.6 Å². The first-order valence-corrected chi connectivity index (χ1v) is 5.95. The summed E-state index contributed by atoms with van der Waals surface area (Å²) in [5, 5.41) is 0. The lowest BCUT2D eigenvalue weighted by atomic mass is 10.1. The van der Waals surface area contributed by atoms with Gasteiger partial charge in [-0.05, 0) is 30.5 Å². The SMILES string of the molecule is O=C(c1cc(F)ccc1F)N1CCC(CCl)C1. The highest BCUT2D eigenvalue weighted by Crippen LogP contribution is 2.21. The van der Waals surface area contributed by atoms with Gasteiger partial charge in [0.05, 0.1) is 5.56 Å². The van der Waals surface area contributed by atoms with Crippen molar-refractivity contribution in [1.82, 2.24) is 4.90 Å². The number of halogens is 3. The summed E-state index contributed by atoms with van der Waals surface area (Å²) in [5.74, 6) is -1.03. The van der Waals surface area contributed by atoms with E-state index in [1.165, 1.54) is 4.90 Å². The van der Waals surface area contributed by atoms with Gasteiger partial charge in [-0.1, -0.05) is 0 Å². The number of carbonyl (C=O) groups is 1. The Morgan fingerprint density at radius 1 is 1.47 bits per heavy atom. The molecule has 1 amide bonds. The maximum atomic E-state index is 13.4. The Bertz CT molecular complexity index is 439. The monoisotopic (exact) mass is 259 g/mol. The average Bonchev–Trinajstić information content (AvgIpc) is 2.80. The number of carbonyl (C=O) groups excluding carboxylic acids is 1. The third-order valence-electron chi connectivity index (χ3n) is 2.95. The fourth-order valence-corrected chi connectivity index (χ4v) is 2.23. The molecule has 1 atom stereocenters. The summed E-state index contributed by atoms with van der Waals surface area (Å²) in [6.07, 6.45) is 0.812. The lowest BCUT2D eigenvalue weighted by Crippen LogP contribution is -2.29. The molecule has 0 aliphatic carbocycles. The first-order chi connectivity index (χ1) is 8.11. The van der Waals surface area contributed by atoms with Gasteiger partial charge in [-0.15, -0.1) is 11.6 Å². The van der Waals surface area contributed by atoms with Crippen LogP contribution in [-0.4, -0.2) is 29.8 Å². The number of nitrogens with zero attached hydrogens (tertiary/aromatic N) is 1. The van der Waals surface area contributed by atoms with E-state index in [1.807, 2.05) is 0 Å². The zero-order valence-corrected chi connectivity index (χ0v) is 9.88. The van der Waals surface area contributed by atoms with Crippen LogP contribution in [0.5, 0.6) is 0 Å². The van der Waals surface area contributed by atoms with Crippen molar-refractivity contribution in [3.63, 3.8) is 0 Å². The highest BCUT2D eigenvalue weighted by molar-refractivity contribution is 6.18. The van der Waals surface area contributed by atoms with Crippen LogP contribution in [-0.2, 0) is 0 Å². The Morgan fingerprint density at radius 2 is 2.24 bits per heavy atom. The minimum atomic E-state index is -0.689. The second-order valence-electron chi connectivity index (χ2n) is 4.18. The van der Waals surface area contributed by atoms with Gasteiger partial charge in [-0.3, -0.25) is 4.79 Å². The van der Waals surface area contributed by atoms with Gasteiger partial charge in [-0.25, -0.2) is 8.78 Å². The van der Waals surface area contributed by atoms with Gasteiger partial charge < -0.3 is 4.90 Å². The Kier molecular flexibility index (Phi) is 3.62. The first-order valence-electron chi connectivity index (χ1n) is 5.42. The predicted molar refractivity (Wildman–Crippen MR) is 61.1 cm³/mol. The van der Waals surface area contributed by atoms with Crippen LogP contribution in [0.15, 0.2) is 18.2 Å². The summed E-state index contributed by atoms with van der Waals surface area (Å²) in [7, 11) is 0. The molecule has 0 aromatic heterocycles. The molecule has 1 unspecified atom stereocenters. The number of benzene rings is 1. The van der Waals surface area contributed by atoms with Crippen molar-refractivity contribution in [3.8, 4) is 0 Å². The Labute approximate surface area is 103 Å². The van der Waals surface area contributed by atoms with Crippen molar-refractivity contribution in [2.24, 2.45) is 5.92 Å². The molecule has 0 spiro atoms. The Balaban J connectivity index is 2.17. The van der Waals surface area contributed by atoms with Crippen LogP contribution in [0.3, 0.4) is 0 Å². The molecule has 1 aromatic rings. The molecule has 0 N–H and O–H groups in total. The highest BCUT2D eigenvalue weighted by atomic mass is 35.5. The van der Waals surface area contributed by atoms with E-state index >= 15 is 0 Å². The van der Waals surface area contributed by atoms with Crippen molar-refractivity contribution in [2.45, 2.75) is 6.42 Å². The molecular weight excluding hydrogens is 248 g/mol. The maximum absolute atomic E-state index is 13.4. The number of hydrogen-bond donors (Lipinski definition) is 0. The second-order valence-corrected chi connectivity index (χ2v) is 4.49. The van der Waals surface area contributed by atoms with Crippen LogP contribution in [0.25, 0.3) is 0 Å². The fraction of sp³-hybridized carbons (Fsp3) is 0.417. The van der Waals surface area contributed by atoms with E-state index in [0.717, 1.165) is 24.6 Å². The number of rotatable bonds is 2. The summed E-state index contributed by atoms with van der Waals surface area (Å²) in [4.78, 5) is 13.5. The predicted octanol–water partition coefficient (Wildman–Crippen LogP) is 2.67. The highest BCUT2D eigenvalue weighted by Gasteiger charge is 2.27. The van der Waals surface area contributed by atoms with E-state index in [2.05, 4.69) is 0 Å². The van der Waals surface area contributed by atoms with E-state index in [0.29, 0.717) is 19.0 Å². The molecule has 0 radical (unpaired) electrons. The summed E-state index contributed by atoms with van der Waals surface area (Å²) in [6, 6.07) is 2.90. The van der Waals surface area contributed by atoms with Gasteiger partial charge in [0.2, 0.25) is 0 Å². The molecule has 1 heterocycles. The number of amides is 1. The van der Waals surface area contributed by atoms with E-state index in [1.54, 1.807) is 0 Å². The molecule has 92 valence electrons. The van der Waals surface area contributed by atoms with E-state index in [-0.39, 0.29) is 11.5 Å².